The first-order valence-corrected chi connectivity index (χ1v) is 4.56. The molecule has 0 spiro atoms. The molecule has 1 heterocycles. The maximum Gasteiger partial charge on any atom is 0.254 e. The van der Waals surface area contributed by atoms with E-state index in [0.29, 0.717) is 11.6 Å². The number of hydrogen-bond donors (Lipinski definition) is 1. The maximum absolute atomic E-state index is 11.5. The average molecular weight is 197 g/mol. The largest absolute Gasteiger partial charge is 0.349 e. The Hall–Kier alpha value is -1.09. The molecule has 1 amide bonds. The normalized spacial score (nSPS) is 15.5. The van der Waals surface area contributed by atoms with Crippen molar-refractivity contribution in [2.75, 3.05) is 0 Å². The van der Waals surface area contributed by atoms with Gasteiger partial charge in [0.25, 0.3) is 5.91 Å². The van der Waals surface area contributed by atoms with Crippen molar-refractivity contribution in [2.45, 2.75) is 18.9 Å². The number of halogens is 1. The van der Waals surface area contributed by atoms with Crippen LogP contribution >= 0.6 is 11.6 Å². The van der Waals surface area contributed by atoms with Crippen LogP contribution in [0.15, 0.2) is 18.3 Å². The van der Waals surface area contributed by atoms with Gasteiger partial charge in [0.2, 0.25) is 0 Å². The molecule has 13 heavy (non-hydrogen) atoms. The number of nitrogens with one attached hydrogen (secondary N) is 1. The molecule has 1 saturated carbocycles. The minimum Gasteiger partial charge on any atom is -0.349 e. The molecule has 4 heteroatoms. The summed E-state index contributed by atoms with van der Waals surface area (Å²) in [4.78, 5) is 15.3. The van der Waals surface area contributed by atoms with Crippen molar-refractivity contribution in [1.82, 2.24) is 10.3 Å². The van der Waals surface area contributed by atoms with Gasteiger partial charge >= 0.3 is 0 Å². The van der Waals surface area contributed by atoms with Gasteiger partial charge in [0.1, 0.15) is 5.15 Å². The standard InChI is InChI=1S/C9H9ClN2O/c10-8-7(2-1-5-11-8)9(13)12-6-3-4-6/h1-2,5-6H,3-4H2,(H,12,13). The Bertz CT molecular complexity index is 336. The number of nitrogens with zero attached hydrogens (tertiary/aromatic N) is 1. The highest BCUT2D eigenvalue weighted by Gasteiger charge is 2.24. The summed E-state index contributed by atoms with van der Waals surface area (Å²) >= 11 is 5.75. The number of carbonyl (C=O) groups excluding carboxylic acids is 1. The first-order chi connectivity index (χ1) is 6.27. The molecule has 1 aromatic heterocycles. The second-order valence-corrected chi connectivity index (χ2v) is 3.45. The lowest BCUT2D eigenvalue weighted by Gasteiger charge is -2.03. The van der Waals surface area contributed by atoms with Crippen LogP contribution in [0.2, 0.25) is 5.15 Å². The molecule has 0 unspecified atom stereocenters. The molecule has 1 aromatic rings. The molecule has 68 valence electrons. The van der Waals surface area contributed by atoms with Crippen molar-refractivity contribution in [1.29, 1.82) is 0 Å². The van der Waals surface area contributed by atoms with Gasteiger partial charge in [-0.05, 0) is 25.0 Å². The summed E-state index contributed by atoms with van der Waals surface area (Å²) in [6, 6.07) is 3.73. The van der Waals surface area contributed by atoms with Gasteiger partial charge < -0.3 is 5.32 Å². The van der Waals surface area contributed by atoms with Gasteiger partial charge in [-0.15, -0.1) is 0 Å². The first kappa shape index (κ1) is 8.51. The van der Waals surface area contributed by atoms with Crippen molar-refractivity contribution < 1.29 is 4.79 Å². The van der Waals surface area contributed by atoms with E-state index in [1.54, 1.807) is 18.3 Å². The van der Waals surface area contributed by atoms with Crippen LogP contribution in [0.3, 0.4) is 0 Å². The molecule has 0 radical (unpaired) electrons. The van der Waals surface area contributed by atoms with Crippen LogP contribution in [0.4, 0.5) is 0 Å². The zero-order valence-electron chi connectivity index (χ0n) is 6.96. The summed E-state index contributed by atoms with van der Waals surface area (Å²) in [5.74, 6) is -0.124. The highest BCUT2D eigenvalue weighted by molar-refractivity contribution is 6.32. The van der Waals surface area contributed by atoms with Gasteiger partial charge in [-0.1, -0.05) is 11.6 Å². The third kappa shape index (κ3) is 1.98. The van der Waals surface area contributed by atoms with E-state index in [2.05, 4.69) is 10.3 Å². The van der Waals surface area contributed by atoms with Gasteiger partial charge in [0.15, 0.2) is 0 Å². The van der Waals surface area contributed by atoms with E-state index in [1.807, 2.05) is 0 Å². The fraction of sp³-hybridized carbons (Fsp3) is 0.333. The van der Waals surface area contributed by atoms with Crippen LogP contribution in [0, 0.1) is 0 Å². The van der Waals surface area contributed by atoms with Crippen LogP contribution in [-0.2, 0) is 0 Å². The molecule has 0 bridgehead atoms. The minimum atomic E-state index is -0.124. The summed E-state index contributed by atoms with van der Waals surface area (Å²) in [7, 11) is 0. The second-order valence-electron chi connectivity index (χ2n) is 3.09. The number of pyridine rings is 1. The van der Waals surface area contributed by atoms with E-state index in [1.165, 1.54) is 0 Å². The van der Waals surface area contributed by atoms with Crippen LogP contribution < -0.4 is 5.32 Å². The van der Waals surface area contributed by atoms with Crippen LogP contribution in [-0.4, -0.2) is 16.9 Å². The van der Waals surface area contributed by atoms with Gasteiger partial charge in [0.05, 0.1) is 5.56 Å². The summed E-state index contributed by atoms with van der Waals surface area (Å²) < 4.78 is 0. The molecule has 1 aliphatic rings. The molecule has 1 aliphatic carbocycles. The van der Waals surface area contributed by atoms with Crippen LogP contribution in [0.25, 0.3) is 0 Å². The number of carbonyl (C=O) groups is 1. The molecule has 0 atom stereocenters. The number of aromatic nitrogens is 1. The van der Waals surface area contributed by atoms with Crippen molar-refractivity contribution >= 4 is 17.5 Å². The third-order valence-corrected chi connectivity index (χ3v) is 2.22. The maximum atomic E-state index is 11.5. The van der Waals surface area contributed by atoms with Crippen LogP contribution in [0.1, 0.15) is 23.2 Å². The summed E-state index contributed by atoms with van der Waals surface area (Å²) in [5, 5.41) is 3.11. The molecule has 1 fully saturated rings. The number of hydrogen-bond acceptors (Lipinski definition) is 2. The van der Waals surface area contributed by atoms with Crippen molar-refractivity contribution in [3.63, 3.8) is 0 Å². The topological polar surface area (TPSA) is 42.0 Å². The predicted octanol–water partition coefficient (Wildman–Crippen LogP) is 1.63. The quantitative estimate of drug-likeness (QED) is 0.731. The fourth-order valence-corrected chi connectivity index (χ4v) is 1.25. The lowest BCUT2D eigenvalue weighted by Crippen LogP contribution is -2.25. The Balaban J connectivity index is 2.13. The van der Waals surface area contributed by atoms with E-state index in [-0.39, 0.29) is 11.1 Å². The Kier molecular flexibility index (Phi) is 2.19. The molecule has 0 aliphatic heterocycles. The molecule has 0 saturated heterocycles. The Morgan fingerprint density at radius 2 is 2.38 bits per heavy atom. The van der Waals surface area contributed by atoms with Gasteiger partial charge in [-0.25, -0.2) is 4.98 Å². The summed E-state index contributed by atoms with van der Waals surface area (Å²) in [5.41, 5.74) is 0.455. The Labute approximate surface area is 81.1 Å². The van der Waals surface area contributed by atoms with Crippen molar-refractivity contribution in [3.8, 4) is 0 Å². The monoisotopic (exact) mass is 196 g/mol. The predicted molar refractivity (Wildman–Crippen MR) is 49.7 cm³/mol. The first-order valence-electron chi connectivity index (χ1n) is 4.19. The van der Waals surface area contributed by atoms with Crippen molar-refractivity contribution in [3.05, 3.63) is 29.0 Å². The van der Waals surface area contributed by atoms with E-state index in [0.717, 1.165) is 12.8 Å². The number of amides is 1. The van der Waals surface area contributed by atoms with Gasteiger partial charge in [-0.3, -0.25) is 4.79 Å². The molecule has 2 rings (SSSR count). The summed E-state index contributed by atoms with van der Waals surface area (Å²) in [6.45, 7) is 0. The zero-order chi connectivity index (χ0) is 9.26. The van der Waals surface area contributed by atoms with Gasteiger partial charge in [-0.2, -0.15) is 0 Å². The smallest absolute Gasteiger partial charge is 0.254 e. The average Bonchev–Trinajstić information content (AvgIpc) is 2.89. The molecule has 3 nitrogen and oxygen atoms in total. The molecular formula is C9H9ClN2O. The zero-order valence-corrected chi connectivity index (χ0v) is 7.71. The van der Waals surface area contributed by atoms with E-state index in [9.17, 15) is 4.79 Å². The molecule has 1 N–H and O–H groups in total. The SMILES string of the molecule is O=C(NC1CC1)c1cccnc1Cl. The van der Waals surface area contributed by atoms with Crippen molar-refractivity contribution in [2.24, 2.45) is 0 Å². The van der Waals surface area contributed by atoms with E-state index >= 15 is 0 Å². The van der Waals surface area contributed by atoms with E-state index < -0.39 is 0 Å². The fourth-order valence-electron chi connectivity index (χ4n) is 1.05. The van der Waals surface area contributed by atoms with Crippen LogP contribution in [0.5, 0.6) is 0 Å². The highest BCUT2D eigenvalue weighted by atomic mass is 35.5. The Morgan fingerprint density at radius 3 is 3.00 bits per heavy atom. The lowest BCUT2D eigenvalue weighted by molar-refractivity contribution is 0.0951. The third-order valence-electron chi connectivity index (χ3n) is 1.92. The Morgan fingerprint density at radius 1 is 1.62 bits per heavy atom. The lowest BCUT2D eigenvalue weighted by atomic mass is 10.2. The minimum absolute atomic E-state index is 0.124. The second kappa shape index (κ2) is 3.34. The molecule has 0 aromatic carbocycles. The highest BCUT2D eigenvalue weighted by Crippen LogP contribution is 2.20. The molecular weight excluding hydrogens is 188 g/mol. The van der Waals surface area contributed by atoms with E-state index in [4.69, 9.17) is 11.6 Å². The summed E-state index contributed by atoms with van der Waals surface area (Å²) in [6.07, 6.45) is 3.71. The number of rotatable bonds is 2. The van der Waals surface area contributed by atoms with Gasteiger partial charge in [0, 0.05) is 12.2 Å².